The van der Waals surface area contributed by atoms with Gasteiger partial charge in [-0.05, 0) is 93.6 Å². The molecule has 41 heavy (non-hydrogen) atoms. The summed E-state index contributed by atoms with van der Waals surface area (Å²) in [5.74, 6) is 0.543. The first-order valence-electron chi connectivity index (χ1n) is 14.7. The lowest BCUT2D eigenvalue weighted by molar-refractivity contribution is -0.110. The number of aliphatic hydroxyl groups is 1. The van der Waals surface area contributed by atoms with Crippen molar-refractivity contribution in [3.05, 3.63) is 70.5 Å². The van der Waals surface area contributed by atoms with Crippen LogP contribution in [0.3, 0.4) is 0 Å². The number of hydrogen-bond acceptors (Lipinski definition) is 5. The summed E-state index contributed by atoms with van der Waals surface area (Å²) in [5, 5.41) is 12.1. The van der Waals surface area contributed by atoms with E-state index in [0.29, 0.717) is 22.9 Å². The molecule has 2 fully saturated rings. The molecule has 3 aliphatic rings. The Labute approximate surface area is 241 Å². The predicted molar refractivity (Wildman–Crippen MR) is 161 cm³/mol. The molecule has 0 unspecified atom stereocenters. The van der Waals surface area contributed by atoms with E-state index in [1.807, 2.05) is 67.3 Å². The van der Waals surface area contributed by atoms with E-state index < -0.39 is 0 Å². The number of anilines is 1. The van der Waals surface area contributed by atoms with Crippen molar-refractivity contribution in [1.29, 1.82) is 0 Å². The fourth-order valence-electron chi connectivity index (χ4n) is 6.63. The number of fused-ring (bicyclic) bond motifs is 1. The number of hydrogen-bond donors (Lipinski definition) is 3. The Morgan fingerprint density at radius 1 is 1.07 bits per heavy atom. The molecule has 2 saturated heterocycles. The number of likely N-dealkylation sites (tertiary alicyclic amines) is 2. The lowest BCUT2D eigenvalue weighted by Crippen LogP contribution is -2.46. The van der Waals surface area contributed by atoms with Crippen molar-refractivity contribution >= 4 is 29.2 Å². The number of carbonyl (C=O) groups excluding carboxylic acids is 2. The van der Waals surface area contributed by atoms with Crippen LogP contribution in [-0.4, -0.2) is 77.1 Å². The molecule has 0 bridgehead atoms. The van der Waals surface area contributed by atoms with Crippen molar-refractivity contribution in [2.75, 3.05) is 44.7 Å². The lowest BCUT2D eigenvalue weighted by atomic mass is 9.94. The highest BCUT2D eigenvalue weighted by Gasteiger charge is 2.32. The summed E-state index contributed by atoms with van der Waals surface area (Å²) in [4.78, 5) is 34.9. The zero-order valence-electron chi connectivity index (χ0n) is 23.8. The third kappa shape index (κ3) is 5.29. The minimum atomic E-state index is -0.177. The topological polar surface area (TPSA) is 97.9 Å². The maximum absolute atomic E-state index is 13.7. The monoisotopic (exact) mass is 554 g/mol. The minimum absolute atomic E-state index is 0.0629. The number of aromatic nitrogens is 1. The third-order valence-electron chi connectivity index (χ3n) is 8.72. The largest absolute Gasteiger partial charge is 0.491 e. The van der Waals surface area contributed by atoms with Gasteiger partial charge in [-0.1, -0.05) is 24.3 Å². The Morgan fingerprint density at radius 3 is 2.59 bits per heavy atom. The zero-order chi connectivity index (χ0) is 28.5. The van der Waals surface area contributed by atoms with Crippen molar-refractivity contribution in [1.82, 2.24) is 14.8 Å². The van der Waals surface area contributed by atoms with Gasteiger partial charge in [0.1, 0.15) is 12.4 Å². The van der Waals surface area contributed by atoms with Crippen molar-refractivity contribution in [3.8, 4) is 16.9 Å². The van der Waals surface area contributed by atoms with Gasteiger partial charge in [0.15, 0.2) is 0 Å². The number of amides is 2. The average Bonchev–Trinajstić information content (AvgIpc) is 3.70. The molecule has 4 heterocycles. The number of nitrogens with zero attached hydrogens (tertiary/aromatic N) is 2. The van der Waals surface area contributed by atoms with Crippen molar-refractivity contribution < 1.29 is 19.4 Å². The van der Waals surface area contributed by atoms with Crippen LogP contribution in [0.2, 0.25) is 0 Å². The molecule has 214 valence electrons. The second-order valence-corrected chi connectivity index (χ2v) is 11.3. The first-order chi connectivity index (χ1) is 19.9. The van der Waals surface area contributed by atoms with Gasteiger partial charge in [0.05, 0.1) is 17.7 Å². The van der Waals surface area contributed by atoms with Crippen LogP contribution in [0.5, 0.6) is 5.75 Å². The van der Waals surface area contributed by atoms with E-state index in [0.717, 1.165) is 65.3 Å². The van der Waals surface area contributed by atoms with Gasteiger partial charge in [-0.15, -0.1) is 0 Å². The van der Waals surface area contributed by atoms with E-state index >= 15 is 0 Å². The fraction of sp³-hybridized carbons (Fsp3) is 0.394. The molecular formula is C33H38N4O4. The Hall–Kier alpha value is -3.88. The van der Waals surface area contributed by atoms with Crippen LogP contribution in [0.15, 0.2) is 42.5 Å². The average molecular weight is 555 g/mol. The number of benzene rings is 2. The highest BCUT2D eigenvalue weighted by Crippen LogP contribution is 2.41. The van der Waals surface area contributed by atoms with Crippen LogP contribution in [0.25, 0.3) is 22.8 Å². The maximum Gasteiger partial charge on any atom is 0.256 e. The van der Waals surface area contributed by atoms with E-state index in [1.54, 1.807) is 0 Å². The molecular weight excluding hydrogens is 516 g/mol. The Kier molecular flexibility index (Phi) is 7.69. The molecule has 6 rings (SSSR count). The first-order valence-corrected chi connectivity index (χ1v) is 14.7. The lowest BCUT2D eigenvalue weighted by Gasteiger charge is -2.36. The van der Waals surface area contributed by atoms with Gasteiger partial charge in [0.2, 0.25) is 0 Å². The van der Waals surface area contributed by atoms with Gasteiger partial charge < -0.3 is 29.9 Å². The summed E-state index contributed by atoms with van der Waals surface area (Å²) in [6.45, 7) is 7.98. The van der Waals surface area contributed by atoms with Gasteiger partial charge in [0, 0.05) is 41.8 Å². The van der Waals surface area contributed by atoms with Crippen LogP contribution >= 0.6 is 0 Å². The normalized spacial score (nSPS) is 18.7. The third-order valence-corrected chi connectivity index (χ3v) is 8.72. The minimum Gasteiger partial charge on any atom is -0.491 e. The fourth-order valence-corrected chi connectivity index (χ4v) is 6.63. The van der Waals surface area contributed by atoms with E-state index in [9.17, 15) is 9.59 Å². The number of piperidine rings is 1. The number of rotatable bonds is 7. The van der Waals surface area contributed by atoms with E-state index in [1.165, 1.54) is 25.9 Å². The Bertz CT molecular complexity index is 1490. The summed E-state index contributed by atoms with van der Waals surface area (Å²) in [7, 11) is 0. The summed E-state index contributed by atoms with van der Waals surface area (Å²) in [6.07, 6.45) is 6.49. The predicted octanol–water partition coefficient (Wildman–Crippen LogP) is 4.86. The SMILES string of the molecule is Cc1[nH]c(/C=C2\C(=O)Nc3cccc(-c4cccc(OCCO)c4)c32)c(C)c1C(=O)N1CCC(N2CCCC2)CC1. The summed E-state index contributed by atoms with van der Waals surface area (Å²) >= 11 is 0. The van der Waals surface area contributed by atoms with Crippen LogP contribution < -0.4 is 10.1 Å². The summed E-state index contributed by atoms with van der Waals surface area (Å²) in [6, 6.07) is 14.1. The van der Waals surface area contributed by atoms with Crippen LogP contribution in [0, 0.1) is 13.8 Å². The highest BCUT2D eigenvalue weighted by atomic mass is 16.5. The number of aryl methyl sites for hydroxylation is 1. The standard InChI is InChI=1S/C33H38N4O4/c1-21-29(34-22(2)30(21)33(40)37-15-11-24(12-16-37)36-13-3-4-14-36)20-27-31-26(9-6-10-28(31)35-32(27)39)23-7-5-8-25(19-23)41-18-17-38/h5-10,19-20,24,34,38H,3-4,11-18H2,1-2H3,(H,35,39)/b27-20-. The molecule has 3 aliphatic heterocycles. The number of nitrogens with one attached hydrogen (secondary N) is 2. The molecule has 0 spiro atoms. The molecule has 0 aliphatic carbocycles. The van der Waals surface area contributed by atoms with E-state index in [4.69, 9.17) is 9.84 Å². The Balaban J connectivity index is 1.28. The summed E-state index contributed by atoms with van der Waals surface area (Å²) in [5.41, 5.74) is 7.09. The molecule has 1 aromatic heterocycles. The molecule has 2 amide bonds. The molecule has 0 radical (unpaired) electrons. The number of ether oxygens (including phenoxy) is 1. The summed E-state index contributed by atoms with van der Waals surface area (Å²) < 4.78 is 5.63. The van der Waals surface area contributed by atoms with Gasteiger partial charge in [-0.3, -0.25) is 9.59 Å². The molecule has 3 aromatic rings. The van der Waals surface area contributed by atoms with Gasteiger partial charge >= 0.3 is 0 Å². The van der Waals surface area contributed by atoms with Crippen LogP contribution in [0.1, 0.15) is 58.6 Å². The second kappa shape index (κ2) is 11.5. The molecule has 2 aromatic carbocycles. The van der Waals surface area contributed by atoms with Gasteiger partial charge in [-0.25, -0.2) is 0 Å². The van der Waals surface area contributed by atoms with Crippen LogP contribution in [0.4, 0.5) is 5.69 Å². The first kappa shape index (κ1) is 27.3. The molecule has 8 nitrogen and oxygen atoms in total. The molecule has 0 saturated carbocycles. The smallest absolute Gasteiger partial charge is 0.256 e. The maximum atomic E-state index is 13.7. The highest BCUT2D eigenvalue weighted by molar-refractivity contribution is 6.36. The van der Waals surface area contributed by atoms with Crippen molar-refractivity contribution in [3.63, 3.8) is 0 Å². The molecule has 8 heteroatoms. The van der Waals surface area contributed by atoms with Crippen molar-refractivity contribution in [2.45, 2.75) is 45.6 Å². The number of carbonyl (C=O) groups is 2. The molecule has 0 atom stereocenters. The quantitative estimate of drug-likeness (QED) is 0.363. The van der Waals surface area contributed by atoms with E-state index in [2.05, 4.69) is 15.2 Å². The number of aromatic amines is 1. The van der Waals surface area contributed by atoms with E-state index in [-0.39, 0.29) is 25.0 Å². The van der Waals surface area contributed by atoms with Crippen molar-refractivity contribution in [2.24, 2.45) is 0 Å². The van der Waals surface area contributed by atoms with Crippen LogP contribution in [-0.2, 0) is 4.79 Å². The van der Waals surface area contributed by atoms with Gasteiger partial charge in [0.25, 0.3) is 11.8 Å². The Morgan fingerprint density at radius 2 is 1.83 bits per heavy atom. The number of aliphatic hydroxyl groups excluding tert-OH is 1. The number of H-pyrrole nitrogens is 1. The zero-order valence-corrected chi connectivity index (χ0v) is 23.8. The van der Waals surface area contributed by atoms with Gasteiger partial charge in [-0.2, -0.15) is 0 Å². The second-order valence-electron chi connectivity index (χ2n) is 11.3. The molecule has 3 N–H and O–H groups in total.